The summed E-state index contributed by atoms with van der Waals surface area (Å²) in [4.78, 5) is 0. The van der Waals surface area contributed by atoms with Gasteiger partial charge in [-0.3, -0.25) is 0 Å². The maximum absolute atomic E-state index is 9.31. The molecule has 0 amide bonds. The summed E-state index contributed by atoms with van der Waals surface area (Å²) in [5.74, 6) is 0.303. The first-order valence-corrected chi connectivity index (χ1v) is 5.76. The van der Waals surface area contributed by atoms with Crippen LogP contribution in [-0.2, 0) is 6.54 Å². The van der Waals surface area contributed by atoms with Gasteiger partial charge < -0.3 is 10.4 Å². The zero-order valence-corrected chi connectivity index (χ0v) is 9.55. The van der Waals surface area contributed by atoms with E-state index in [1.54, 1.807) is 6.07 Å². The molecule has 2 rings (SSSR count). The summed E-state index contributed by atoms with van der Waals surface area (Å²) in [7, 11) is 0. The van der Waals surface area contributed by atoms with Gasteiger partial charge in [-0.2, -0.15) is 0 Å². The zero-order valence-electron chi connectivity index (χ0n) is 7.96. The van der Waals surface area contributed by atoms with Crippen LogP contribution in [-0.4, -0.2) is 11.1 Å². The number of hydrogen-bond donors (Lipinski definition) is 2. The molecule has 0 radical (unpaired) electrons. The smallest absolute Gasteiger partial charge is 0.129 e. The van der Waals surface area contributed by atoms with E-state index < -0.39 is 0 Å². The highest BCUT2D eigenvalue weighted by Gasteiger charge is 2.15. The largest absolute Gasteiger partial charge is 0.507 e. The molecule has 1 aliphatic rings. The molecule has 2 N–H and O–H groups in total. The van der Waals surface area contributed by atoms with Gasteiger partial charge in [0.15, 0.2) is 0 Å². The number of nitrogens with one attached hydrogen (secondary N) is 1. The highest BCUT2D eigenvalue weighted by Crippen LogP contribution is 2.25. The third-order valence-corrected chi connectivity index (χ3v) is 3.35. The molecular weight excluding hydrogens is 242 g/mol. The van der Waals surface area contributed by atoms with Crippen molar-refractivity contribution in [3.05, 3.63) is 28.2 Å². The molecule has 0 aromatic heterocycles. The van der Waals surface area contributed by atoms with Crippen LogP contribution in [0.3, 0.4) is 0 Å². The lowest BCUT2D eigenvalue weighted by Crippen LogP contribution is -2.34. The van der Waals surface area contributed by atoms with Gasteiger partial charge in [-0.05, 0) is 46.5 Å². The summed E-state index contributed by atoms with van der Waals surface area (Å²) >= 11 is 3.31. The van der Waals surface area contributed by atoms with Crippen molar-refractivity contribution >= 4 is 15.9 Å². The van der Waals surface area contributed by atoms with Crippen molar-refractivity contribution in [2.75, 3.05) is 0 Å². The Morgan fingerprint density at radius 1 is 1.43 bits per heavy atom. The Morgan fingerprint density at radius 2 is 2.21 bits per heavy atom. The van der Waals surface area contributed by atoms with Crippen molar-refractivity contribution in [3.8, 4) is 5.75 Å². The van der Waals surface area contributed by atoms with E-state index in [0.717, 1.165) is 11.0 Å². The van der Waals surface area contributed by atoms with Gasteiger partial charge in [-0.1, -0.05) is 12.5 Å². The average molecular weight is 256 g/mol. The minimum atomic E-state index is 0.303. The van der Waals surface area contributed by atoms with Crippen LogP contribution >= 0.6 is 15.9 Å². The number of aromatic hydroxyl groups is 1. The number of phenolic OH excluding ortho intramolecular Hbond substituents is 1. The monoisotopic (exact) mass is 255 g/mol. The lowest BCUT2D eigenvalue weighted by atomic mass is 9.93. The molecule has 0 bridgehead atoms. The molecule has 1 aromatic rings. The lowest BCUT2D eigenvalue weighted by molar-refractivity contribution is 0.338. The third-order valence-electron chi connectivity index (χ3n) is 2.71. The topological polar surface area (TPSA) is 32.3 Å². The van der Waals surface area contributed by atoms with E-state index in [1.807, 2.05) is 12.1 Å². The molecule has 2 nitrogen and oxygen atoms in total. The molecule has 3 heteroatoms. The van der Waals surface area contributed by atoms with E-state index in [2.05, 4.69) is 21.2 Å². The van der Waals surface area contributed by atoms with Crippen molar-refractivity contribution < 1.29 is 5.11 Å². The van der Waals surface area contributed by atoms with Crippen molar-refractivity contribution in [2.24, 2.45) is 0 Å². The zero-order chi connectivity index (χ0) is 9.97. The first-order chi connectivity index (χ1) is 6.75. The summed E-state index contributed by atoms with van der Waals surface area (Å²) in [6, 6.07) is 6.34. The molecule has 0 aliphatic heterocycles. The van der Waals surface area contributed by atoms with E-state index in [9.17, 15) is 5.11 Å². The second-order valence-electron chi connectivity index (χ2n) is 3.79. The Bertz CT molecular complexity index is 323. The number of benzene rings is 1. The van der Waals surface area contributed by atoms with Crippen molar-refractivity contribution in [1.29, 1.82) is 0 Å². The number of halogens is 1. The highest BCUT2D eigenvalue weighted by molar-refractivity contribution is 9.10. The molecule has 1 aromatic carbocycles. The van der Waals surface area contributed by atoms with E-state index >= 15 is 0 Å². The van der Waals surface area contributed by atoms with E-state index in [-0.39, 0.29) is 0 Å². The van der Waals surface area contributed by atoms with Crippen molar-refractivity contribution in [3.63, 3.8) is 0 Å². The predicted molar refractivity (Wildman–Crippen MR) is 60.3 cm³/mol. The fourth-order valence-electron chi connectivity index (χ4n) is 1.53. The van der Waals surface area contributed by atoms with Crippen LogP contribution in [0.15, 0.2) is 22.7 Å². The highest BCUT2D eigenvalue weighted by atomic mass is 79.9. The molecule has 1 saturated carbocycles. The second kappa shape index (κ2) is 4.32. The maximum atomic E-state index is 9.31. The molecule has 76 valence electrons. The lowest BCUT2D eigenvalue weighted by Gasteiger charge is -2.26. The van der Waals surface area contributed by atoms with Crippen molar-refractivity contribution in [2.45, 2.75) is 31.8 Å². The average Bonchev–Trinajstić information content (AvgIpc) is 2.08. The Labute approximate surface area is 92.5 Å². The van der Waals surface area contributed by atoms with E-state index in [1.165, 1.54) is 24.8 Å². The molecule has 0 spiro atoms. The Morgan fingerprint density at radius 3 is 2.79 bits per heavy atom. The van der Waals surface area contributed by atoms with Gasteiger partial charge in [0, 0.05) is 12.6 Å². The molecule has 0 heterocycles. The summed E-state index contributed by atoms with van der Waals surface area (Å²) in [5.41, 5.74) is 1.21. The molecule has 0 atom stereocenters. The van der Waals surface area contributed by atoms with Crippen LogP contribution < -0.4 is 5.32 Å². The minimum Gasteiger partial charge on any atom is -0.507 e. The quantitative estimate of drug-likeness (QED) is 0.871. The summed E-state index contributed by atoms with van der Waals surface area (Å²) in [6.45, 7) is 0.892. The number of hydrogen-bond acceptors (Lipinski definition) is 2. The summed E-state index contributed by atoms with van der Waals surface area (Å²) < 4.78 is 0.769. The van der Waals surface area contributed by atoms with Crippen LogP contribution in [0.1, 0.15) is 24.8 Å². The molecule has 1 aliphatic carbocycles. The standard InChI is InChI=1S/C11H14BrNO/c12-10-6-8(4-5-11(10)14)7-13-9-2-1-3-9/h4-6,9,13-14H,1-3,7H2. The Hall–Kier alpha value is -0.540. The maximum Gasteiger partial charge on any atom is 0.129 e. The first-order valence-electron chi connectivity index (χ1n) is 4.96. The van der Waals surface area contributed by atoms with Crippen LogP contribution in [0.5, 0.6) is 5.75 Å². The number of rotatable bonds is 3. The van der Waals surface area contributed by atoms with Gasteiger partial charge in [0.2, 0.25) is 0 Å². The molecule has 0 saturated heterocycles. The molecule has 1 fully saturated rings. The first kappa shape index (κ1) is 9.99. The minimum absolute atomic E-state index is 0.303. The SMILES string of the molecule is Oc1ccc(CNC2CCC2)cc1Br. The van der Waals surface area contributed by atoms with Gasteiger partial charge in [-0.25, -0.2) is 0 Å². The molecular formula is C11H14BrNO. The Balaban J connectivity index is 1.91. The van der Waals surface area contributed by atoms with E-state index in [4.69, 9.17) is 0 Å². The van der Waals surface area contributed by atoms with Crippen molar-refractivity contribution in [1.82, 2.24) is 5.32 Å². The molecule has 0 unspecified atom stereocenters. The summed E-state index contributed by atoms with van der Waals surface area (Å²) in [5, 5.41) is 12.8. The van der Waals surface area contributed by atoms with E-state index in [0.29, 0.717) is 11.8 Å². The van der Waals surface area contributed by atoms with Gasteiger partial charge in [-0.15, -0.1) is 0 Å². The fraction of sp³-hybridized carbons (Fsp3) is 0.455. The molecule has 14 heavy (non-hydrogen) atoms. The fourth-order valence-corrected chi connectivity index (χ4v) is 1.96. The normalized spacial score (nSPS) is 16.6. The van der Waals surface area contributed by atoms with Crippen LogP contribution in [0.2, 0.25) is 0 Å². The van der Waals surface area contributed by atoms with Crippen LogP contribution in [0.4, 0.5) is 0 Å². The second-order valence-corrected chi connectivity index (χ2v) is 4.65. The summed E-state index contributed by atoms with van der Waals surface area (Å²) in [6.07, 6.45) is 3.97. The number of phenols is 1. The van der Waals surface area contributed by atoms with Crippen LogP contribution in [0, 0.1) is 0 Å². The van der Waals surface area contributed by atoms with Gasteiger partial charge in [0.25, 0.3) is 0 Å². The van der Waals surface area contributed by atoms with Gasteiger partial charge >= 0.3 is 0 Å². The van der Waals surface area contributed by atoms with Gasteiger partial charge in [0.05, 0.1) is 4.47 Å². The van der Waals surface area contributed by atoms with Gasteiger partial charge in [0.1, 0.15) is 5.75 Å². The Kier molecular flexibility index (Phi) is 3.08. The predicted octanol–water partition coefficient (Wildman–Crippen LogP) is 2.80. The van der Waals surface area contributed by atoms with Crippen LogP contribution in [0.25, 0.3) is 0 Å². The third kappa shape index (κ3) is 2.28.